The van der Waals surface area contributed by atoms with Gasteiger partial charge < -0.3 is 10.1 Å². The predicted molar refractivity (Wildman–Crippen MR) is 119 cm³/mol. The minimum absolute atomic E-state index is 0.136. The molecule has 2 amide bonds. The number of aryl methyl sites for hydroxylation is 1. The summed E-state index contributed by atoms with van der Waals surface area (Å²) < 4.78 is 6.64. The molecule has 3 aromatic rings. The second kappa shape index (κ2) is 9.16. The second-order valence-corrected chi connectivity index (χ2v) is 7.79. The summed E-state index contributed by atoms with van der Waals surface area (Å²) in [6.45, 7) is 3.96. The molecule has 0 atom stereocenters. The van der Waals surface area contributed by atoms with Gasteiger partial charge in [0, 0.05) is 11.4 Å². The van der Waals surface area contributed by atoms with Crippen LogP contribution in [0.1, 0.15) is 54.9 Å². The Morgan fingerprint density at radius 1 is 1.19 bits per heavy atom. The van der Waals surface area contributed by atoms with E-state index in [0.29, 0.717) is 5.82 Å². The van der Waals surface area contributed by atoms with E-state index in [1.807, 2.05) is 37.3 Å². The highest BCUT2D eigenvalue weighted by atomic mass is 16.5. The summed E-state index contributed by atoms with van der Waals surface area (Å²) in [5, 5.41) is 11.2. The first kappa shape index (κ1) is 20.8. The van der Waals surface area contributed by atoms with Crippen LogP contribution in [0.5, 0.6) is 0 Å². The van der Waals surface area contributed by atoms with Crippen molar-refractivity contribution in [1.29, 1.82) is 0 Å². The molecule has 4 rings (SSSR count). The molecule has 2 heterocycles. The zero-order chi connectivity index (χ0) is 21.8. The molecule has 8 heteroatoms. The van der Waals surface area contributed by atoms with Crippen molar-refractivity contribution in [3.8, 4) is 5.82 Å². The van der Waals surface area contributed by atoms with Gasteiger partial charge in [-0.15, -0.1) is 0 Å². The van der Waals surface area contributed by atoms with E-state index in [2.05, 4.69) is 20.7 Å². The molecule has 2 N–H and O–H groups in total. The van der Waals surface area contributed by atoms with E-state index in [0.717, 1.165) is 42.1 Å². The Balaban J connectivity index is 1.69. The Hall–Kier alpha value is -3.42. The Morgan fingerprint density at radius 2 is 1.97 bits per heavy atom. The molecule has 31 heavy (non-hydrogen) atoms. The average Bonchev–Trinajstić information content (AvgIpc) is 3.18. The van der Waals surface area contributed by atoms with Gasteiger partial charge in [-0.1, -0.05) is 37.5 Å². The molecular weight excluding hydrogens is 394 g/mol. The molecule has 0 spiro atoms. The van der Waals surface area contributed by atoms with Crippen LogP contribution >= 0.6 is 0 Å². The molecule has 1 aliphatic carbocycles. The van der Waals surface area contributed by atoms with E-state index < -0.39 is 5.97 Å². The molecule has 2 aromatic heterocycles. The lowest BCUT2D eigenvalue weighted by atomic mass is 9.96. The van der Waals surface area contributed by atoms with Gasteiger partial charge in [0.05, 0.1) is 18.3 Å². The first-order valence-electron chi connectivity index (χ1n) is 10.8. The van der Waals surface area contributed by atoms with E-state index in [9.17, 15) is 9.59 Å². The summed E-state index contributed by atoms with van der Waals surface area (Å²) in [7, 11) is 0. The molecule has 0 bridgehead atoms. The zero-order valence-electron chi connectivity index (χ0n) is 17.9. The summed E-state index contributed by atoms with van der Waals surface area (Å²) in [6.07, 6.45) is 6.74. The highest BCUT2D eigenvalue weighted by Crippen LogP contribution is 2.25. The summed E-state index contributed by atoms with van der Waals surface area (Å²) >= 11 is 0. The van der Waals surface area contributed by atoms with Crippen LogP contribution in [0.25, 0.3) is 16.7 Å². The number of ether oxygens (including phenoxy) is 1. The minimum Gasteiger partial charge on any atom is -0.462 e. The second-order valence-electron chi connectivity index (χ2n) is 7.79. The third-order valence-electron chi connectivity index (χ3n) is 5.56. The van der Waals surface area contributed by atoms with E-state index in [1.54, 1.807) is 6.92 Å². The fraction of sp³-hybridized carbons (Fsp3) is 0.391. The van der Waals surface area contributed by atoms with Gasteiger partial charge in [-0.2, -0.15) is 9.78 Å². The van der Waals surface area contributed by atoms with Gasteiger partial charge in [0.2, 0.25) is 0 Å². The number of anilines is 1. The molecular formula is C23H27N5O3. The van der Waals surface area contributed by atoms with Crippen molar-refractivity contribution in [2.75, 3.05) is 11.9 Å². The minimum atomic E-state index is -0.542. The maximum absolute atomic E-state index is 12.7. The maximum atomic E-state index is 12.7. The summed E-state index contributed by atoms with van der Waals surface area (Å²) in [5.41, 5.74) is 2.02. The lowest BCUT2D eigenvalue weighted by molar-refractivity contribution is 0.0527. The number of rotatable bonds is 5. The van der Waals surface area contributed by atoms with Crippen LogP contribution in [0.4, 0.5) is 10.6 Å². The Kier molecular flexibility index (Phi) is 6.16. The molecule has 0 unspecified atom stereocenters. The van der Waals surface area contributed by atoms with Gasteiger partial charge >= 0.3 is 12.0 Å². The van der Waals surface area contributed by atoms with Gasteiger partial charge in [0.25, 0.3) is 0 Å². The van der Waals surface area contributed by atoms with Gasteiger partial charge in [-0.3, -0.25) is 5.32 Å². The fourth-order valence-corrected chi connectivity index (χ4v) is 4.02. The van der Waals surface area contributed by atoms with Crippen LogP contribution in [0.2, 0.25) is 0 Å². The Bertz CT molecular complexity index is 1100. The van der Waals surface area contributed by atoms with E-state index in [-0.39, 0.29) is 30.1 Å². The number of benzene rings is 1. The molecule has 1 aromatic carbocycles. The van der Waals surface area contributed by atoms with Crippen molar-refractivity contribution in [3.05, 3.63) is 47.7 Å². The molecule has 1 aliphatic rings. The number of pyridine rings is 1. The number of esters is 1. The number of hydrogen-bond donors (Lipinski definition) is 2. The number of urea groups is 1. The Labute approximate surface area is 181 Å². The van der Waals surface area contributed by atoms with Crippen LogP contribution < -0.4 is 10.6 Å². The molecule has 1 fully saturated rings. The van der Waals surface area contributed by atoms with Crippen molar-refractivity contribution >= 4 is 28.7 Å². The van der Waals surface area contributed by atoms with Crippen LogP contribution in [0.3, 0.4) is 0 Å². The topological polar surface area (TPSA) is 98.1 Å². The van der Waals surface area contributed by atoms with Crippen LogP contribution in [0, 0.1) is 6.92 Å². The number of aromatic nitrogens is 3. The van der Waals surface area contributed by atoms with Crippen molar-refractivity contribution in [1.82, 2.24) is 20.1 Å². The molecule has 162 valence electrons. The molecule has 0 radical (unpaired) electrons. The van der Waals surface area contributed by atoms with Crippen molar-refractivity contribution in [2.24, 2.45) is 0 Å². The number of nitrogens with zero attached hydrogens (tertiary/aromatic N) is 3. The van der Waals surface area contributed by atoms with Gasteiger partial charge in [0.1, 0.15) is 5.56 Å². The van der Waals surface area contributed by atoms with Gasteiger partial charge in [-0.25, -0.2) is 14.6 Å². The fourth-order valence-electron chi connectivity index (χ4n) is 4.02. The first-order valence-corrected chi connectivity index (χ1v) is 10.8. The smallest absolute Gasteiger partial charge is 0.343 e. The van der Waals surface area contributed by atoms with E-state index in [1.165, 1.54) is 17.3 Å². The third kappa shape index (κ3) is 4.52. The normalized spacial score (nSPS) is 14.4. The number of carbonyl (C=O) groups is 2. The number of hydrogen-bond acceptors (Lipinski definition) is 5. The number of para-hydroxylation sites is 1. The zero-order valence-corrected chi connectivity index (χ0v) is 17.9. The first-order chi connectivity index (χ1) is 15.1. The number of fused-ring (bicyclic) bond motifs is 1. The monoisotopic (exact) mass is 421 g/mol. The lowest BCUT2D eigenvalue weighted by Gasteiger charge is -2.23. The molecule has 1 saturated carbocycles. The quantitative estimate of drug-likeness (QED) is 0.597. The van der Waals surface area contributed by atoms with Crippen LogP contribution in [-0.2, 0) is 4.74 Å². The highest BCUT2D eigenvalue weighted by Gasteiger charge is 2.24. The standard InChI is InChI=1S/C23H27N5O3/c1-3-31-22(29)18-14-24-28(20-13-15(2)17-11-7-8-12-19(17)26-20)21(18)27-23(30)25-16-9-5-4-6-10-16/h7-8,11-14,16H,3-6,9-10H2,1-2H3,(H2,25,27,30). The van der Waals surface area contributed by atoms with Crippen molar-refractivity contribution in [2.45, 2.75) is 52.0 Å². The molecule has 0 saturated heterocycles. The maximum Gasteiger partial charge on any atom is 0.343 e. The third-order valence-corrected chi connectivity index (χ3v) is 5.56. The van der Waals surface area contributed by atoms with E-state index in [4.69, 9.17) is 4.74 Å². The largest absolute Gasteiger partial charge is 0.462 e. The predicted octanol–water partition coefficient (Wildman–Crippen LogP) is 4.36. The average molecular weight is 422 g/mol. The molecule has 8 nitrogen and oxygen atoms in total. The van der Waals surface area contributed by atoms with Crippen molar-refractivity contribution in [3.63, 3.8) is 0 Å². The van der Waals surface area contributed by atoms with Crippen molar-refractivity contribution < 1.29 is 14.3 Å². The van der Waals surface area contributed by atoms with E-state index >= 15 is 0 Å². The van der Waals surface area contributed by atoms with Gasteiger partial charge in [0.15, 0.2) is 11.6 Å². The summed E-state index contributed by atoms with van der Waals surface area (Å²) in [6, 6.07) is 9.47. The van der Waals surface area contributed by atoms with Gasteiger partial charge in [-0.05, 0) is 44.4 Å². The lowest BCUT2D eigenvalue weighted by Crippen LogP contribution is -2.39. The highest BCUT2D eigenvalue weighted by molar-refractivity contribution is 6.00. The summed E-state index contributed by atoms with van der Waals surface area (Å²) in [5.74, 6) is 0.216. The van der Waals surface area contributed by atoms with Crippen LogP contribution in [0.15, 0.2) is 36.5 Å². The van der Waals surface area contributed by atoms with Crippen LogP contribution in [-0.4, -0.2) is 39.4 Å². The number of carbonyl (C=O) groups excluding carboxylic acids is 2. The Morgan fingerprint density at radius 3 is 2.74 bits per heavy atom. The number of nitrogens with one attached hydrogen (secondary N) is 2. The molecule has 0 aliphatic heterocycles. The SMILES string of the molecule is CCOC(=O)c1cnn(-c2cc(C)c3ccccc3n2)c1NC(=O)NC1CCCCC1. The summed E-state index contributed by atoms with van der Waals surface area (Å²) in [4.78, 5) is 29.9. The number of amides is 2.